The highest BCUT2D eigenvalue weighted by Crippen LogP contribution is 2.20. The standard InChI is InChI=1S/C13H18ClN3O/c1-15-11-7-6-10(14)12(16-11)13(18)17-8-4-2-3-5-9-17/h6-7H,2-5,8-9H2,1H3,(H,15,16). The van der Waals surface area contributed by atoms with Crippen LogP contribution in [-0.2, 0) is 0 Å². The van der Waals surface area contributed by atoms with Crippen molar-refractivity contribution in [2.75, 3.05) is 25.5 Å². The van der Waals surface area contributed by atoms with Crippen LogP contribution in [0.4, 0.5) is 5.82 Å². The van der Waals surface area contributed by atoms with Gasteiger partial charge in [0, 0.05) is 20.1 Å². The summed E-state index contributed by atoms with van der Waals surface area (Å²) in [5, 5.41) is 3.34. The van der Waals surface area contributed by atoms with Gasteiger partial charge in [0.05, 0.1) is 5.02 Å². The average molecular weight is 268 g/mol. The van der Waals surface area contributed by atoms with Gasteiger partial charge < -0.3 is 10.2 Å². The lowest BCUT2D eigenvalue weighted by atomic mass is 10.2. The molecule has 1 fully saturated rings. The molecule has 0 aliphatic carbocycles. The van der Waals surface area contributed by atoms with Crippen LogP contribution in [0.5, 0.6) is 0 Å². The number of anilines is 1. The van der Waals surface area contributed by atoms with Crippen LogP contribution < -0.4 is 5.32 Å². The van der Waals surface area contributed by atoms with Crippen molar-refractivity contribution in [3.8, 4) is 0 Å². The van der Waals surface area contributed by atoms with Gasteiger partial charge in [-0.15, -0.1) is 0 Å². The Morgan fingerprint density at radius 2 is 1.94 bits per heavy atom. The number of hydrogen-bond acceptors (Lipinski definition) is 3. The second-order valence-electron chi connectivity index (χ2n) is 4.48. The molecule has 1 amide bonds. The maximum absolute atomic E-state index is 12.4. The first-order chi connectivity index (χ1) is 8.72. The fourth-order valence-corrected chi connectivity index (χ4v) is 2.34. The van der Waals surface area contributed by atoms with Gasteiger partial charge in [-0.25, -0.2) is 4.98 Å². The molecular formula is C13H18ClN3O. The van der Waals surface area contributed by atoms with Crippen molar-refractivity contribution in [2.45, 2.75) is 25.7 Å². The van der Waals surface area contributed by atoms with E-state index in [1.165, 1.54) is 12.8 Å². The molecule has 18 heavy (non-hydrogen) atoms. The Hall–Kier alpha value is -1.29. The number of nitrogens with one attached hydrogen (secondary N) is 1. The summed E-state index contributed by atoms with van der Waals surface area (Å²) >= 11 is 6.07. The lowest BCUT2D eigenvalue weighted by Crippen LogP contribution is -2.32. The maximum Gasteiger partial charge on any atom is 0.274 e. The summed E-state index contributed by atoms with van der Waals surface area (Å²) in [5.74, 6) is 0.608. The third-order valence-electron chi connectivity index (χ3n) is 3.20. The highest BCUT2D eigenvalue weighted by molar-refractivity contribution is 6.33. The first-order valence-corrected chi connectivity index (χ1v) is 6.74. The number of aromatic nitrogens is 1. The molecule has 0 radical (unpaired) electrons. The van der Waals surface area contributed by atoms with Crippen molar-refractivity contribution in [3.05, 3.63) is 22.8 Å². The minimum atomic E-state index is -0.0565. The van der Waals surface area contributed by atoms with Gasteiger partial charge in [0.2, 0.25) is 0 Å². The lowest BCUT2D eigenvalue weighted by molar-refractivity contribution is 0.0756. The molecular weight excluding hydrogens is 250 g/mol. The van der Waals surface area contributed by atoms with Crippen LogP contribution in [0.25, 0.3) is 0 Å². The summed E-state index contributed by atoms with van der Waals surface area (Å²) in [5.41, 5.74) is 0.352. The molecule has 98 valence electrons. The molecule has 1 saturated heterocycles. The van der Waals surface area contributed by atoms with Crippen LogP contribution in [-0.4, -0.2) is 35.9 Å². The summed E-state index contributed by atoms with van der Waals surface area (Å²) in [4.78, 5) is 18.5. The van der Waals surface area contributed by atoms with E-state index in [-0.39, 0.29) is 5.91 Å². The van der Waals surface area contributed by atoms with E-state index in [2.05, 4.69) is 10.3 Å². The molecule has 5 heteroatoms. The van der Waals surface area contributed by atoms with Crippen LogP contribution in [0.2, 0.25) is 5.02 Å². The number of nitrogens with zero attached hydrogens (tertiary/aromatic N) is 2. The molecule has 1 aliphatic heterocycles. The van der Waals surface area contributed by atoms with Gasteiger partial charge in [-0.3, -0.25) is 4.79 Å². The molecule has 0 spiro atoms. The summed E-state index contributed by atoms with van der Waals surface area (Å²) in [6.45, 7) is 1.61. The van der Waals surface area contributed by atoms with Gasteiger partial charge in [0.15, 0.2) is 0 Å². The topological polar surface area (TPSA) is 45.2 Å². The van der Waals surface area contributed by atoms with E-state index in [0.29, 0.717) is 16.5 Å². The van der Waals surface area contributed by atoms with E-state index in [9.17, 15) is 4.79 Å². The number of pyridine rings is 1. The highest BCUT2D eigenvalue weighted by Gasteiger charge is 2.21. The highest BCUT2D eigenvalue weighted by atomic mass is 35.5. The van der Waals surface area contributed by atoms with Gasteiger partial charge >= 0.3 is 0 Å². The molecule has 4 nitrogen and oxygen atoms in total. The first-order valence-electron chi connectivity index (χ1n) is 6.36. The number of halogens is 1. The largest absolute Gasteiger partial charge is 0.373 e. The zero-order chi connectivity index (χ0) is 13.0. The number of carbonyl (C=O) groups is 1. The van der Waals surface area contributed by atoms with Crippen LogP contribution in [0.15, 0.2) is 12.1 Å². The Morgan fingerprint density at radius 1 is 1.28 bits per heavy atom. The summed E-state index contributed by atoms with van der Waals surface area (Å²) in [6, 6.07) is 3.48. The van der Waals surface area contributed by atoms with E-state index < -0.39 is 0 Å². The Bertz CT molecular complexity index is 428. The predicted molar refractivity (Wildman–Crippen MR) is 73.2 cm³/mol. The lowest BCUT2D eigenvalue weighted by Gasteiger charge is -2.20. The average Bonchev–Trinajstić information content (AvgIpc) is 2.67. The minimum absolute atomic E-state index is 0.0565. The summed E-state index contributed by atoms with van der Waals surface area (Å²) in [7, 11) is 1.77. The monoisotopic (exact) mass is 267 g/mol. The zero-order valence-corrected chi connectivity index (χ0v) is 11.3. The van der Waals surface area contributed by atoms with Crippen molar-refractivity contribution in [1.29, 1.82) is 0 Å². The quantitative estimate of drug-likeness (QED) is 0.896. The van der Waals surface area contributed by atoms with E-state index >= 15 is 0 Å². The summed E-state index contributed by atoms with van der Waals surface area (Å²) in [6.07, 6.45) is 4.52. The Balaban J connectivity index is 2.21. The van der Waals surface area contributed by atoms with Crippen molar-refractivity contribution in [1.82, 2.24) is 9.88 Å². The van der Waals surface area contributed by atoms with Crippen LogP contribution in [0.1, 0.15) is 36.2 Å². The van der Waals surface area contributed by atoms with E-state index in [1.54, 1.807) is 19.2 Å². The molecule has 1 aromatic rings. The Labute approximate surface area is 112 Å². The molecule has 0 unspecified atom stereocenters. The fourth-order valence-electron chi connectivity index (χ4n) is 2.15. The molecule has 1 aliphatic rings. The van der Waals surface area contributed by atoms with Crippen LogP contribution in [0, 0.1) is 0 Å². The van der Waals surface area contributed by atoms with Crippen LogP contribution >= 0.6 is 11.6 Å². The maximum atomic E-state index is 12.4. The number of likely N-dealkylation sites (tertiary alicyclic amines) is 1. The Morgan fingerprint density at radius 3 is 2.56 bits per heavy atom. The third kappa shape index (κ3) is 2.93. The molecule has 0 saturated carbocycles. The van der Waals surface area contributed by atoms with Crippen LogP contribution in [0.3, 0.4) is 0 Å². The molecule has 0 bridgehead atoms. The van der Waals surface area contributed by atoms with Crippen molar-refractivity contribution in [3.63, 3.8) is 0 Å². The number of rotatable bonds is 2. The van der Waals surface area contributed by atoms with Gasteiger partial charge in [0.1, 0.15) is 11.5 Å². The first kappa shape index (κ1) is 13.1. The fraction of sp³-hybridized carbons (Fsp3) is 0.538. The van der Waals surface area contributed by atoms with Crippen molar-refractivity contribution in [2.24, 2.45) is 0 Å². The van der Waals surface area contributed by atoms with E-state index in [4.69, 9.17) is 11.6 Å². The predicted octanol–water partition coefficient (Wildman–Crippen LogP) is 2.79. The van der Waals surface area contributed by atoms with Crippen molar-refractivity contribution < 1.29 is 4.79 Å². The van der Waals surface area contributed by atoms with Gasteiger partial charge in [-0.05, 0) is 25.0 Å². The SMILES string of the molecule is CNc1ccc(Cl)c(C(=O)N2CCCCCC2)n1. The molecule has 2 heterocycles. The molecule has 0 atom stereocenters. The van der Waals surface area contributed by atoms with E-state index in [1.807, 2.05) is 4.90 Å². The third-order valence-corrected chi connectivity index (χ3v) is 3.50. The van der Waals surface area contributed by atoms with Gasteiger partial charge in [-0.1, -0.05) is 24.4 Å². The zero-order valence-electron chi connectivity index (χ0n) is 10.6. The molecule has 1 N–H and O–H groups in total. The van der Waals surface area contributed by atoms with Gasteiger partial charge in [0.25, 0.3) is 5.91 Å². The molecule has 2 rings (SSSR count). The normalized spacial score (nSPS) is 16.2. The Kier molecular flexibility index (Phi) is 4.42. The number of hydrogen-bond donors (Lipinski definition) is 1. The van der Waals surface area contributed by atoms with Crippen molar-refractivity contribution >= 4 is 23.3 Å². The number of amides is 1. The minimum Gasteiger partial charge on any atom is -0.373 e. The van der Waals surface area contributed by atoms with E-state index in [0.717, 1.165) is 25.9 Å². The van der Waals surface area contributed by atoms with Gasteiger partial charge in [-0.2, -0.15) is 0 Å². The second-order valence-corrected chi connectivity index (χ2v) is 4.89. The number of carbonyl (C=O) groups excluding carboxylic acids is 1. The summed E-state index contributed by atoms with van der Waals surface area (Å²) < 4.78 is 0. The smallest absolute Gasteiger partial charge is 0.274 e. The molecule has 1 aromatic heterocycles. The molecule has 0 aromatic carbocycles. The second kappa shape index (κ2) is 6.05.